The van der Waals surface area contributed by atoms with Crippen LogP contribution in [-0.4, -0.2) is 22.8 Å². The molecule has 0 aromatic heterocycles. The first-order valence-corrected chi connectivity index (χ1v) is 3.73. The molecule has 1 N–H and O–H groups in total. The van der Waals surface area contributed by atoms with Crippen molar-refractivity contribution in [1.29, 1.82) is 0 Å². The first-order chi connectivity index (χ1) is 5.56. The van der Waals surface area contributed by atoms with Gasteiger partial charge in [0, 0.05) is 0 Å². The molecule has 6 heteroatoms. The van der Waals surface area contributed by atoms with E-state index in [-0.39, 0.29) is 6.42 Å². The van der Waals surface area contributed by atoms with Gasteiger partial charge in [-0.2, -0.15) is 22.0 Å². The van der Waals surface area contributed by atoms with Crippen LogP contribution in [0, 0.1) is 0 Å². The summed E-state index contributed by atoms with van der Waals surface area (Å²) in [7, 11) is 0. The smallest absolute Gasteiger partial charge is 0.384 e. The second kappa shape index (κ2) is 3.40. The summed E-state index contributed by atoms with van der Waals surface area (Å²) >= 11 is 0. The molecule has 0 aliphatic rings. The average molecular weight is 206 g/mol. The summed E-state index contributed by atoms with van der Waals surface area (Å²) in [5, 5.41) is 8.91. The number of halogens is 5. The van der Waals surface area contributed by atoms with Gasteiger partial charge in [-0.1, -0.05) is 13.3 Å². The molecule has 0 heterocycles. The first kappa shape index (κ1) is 12.6. The third-order valence-corrected chi connectivity index (χ3v) is 1.77. The third-order valence-electron chi connectivity index (χ3n) is 1.77. The Morgan fingerprint density at radius 2 is 1.46 bits per heavy atom. The number of hydrogen-bond donors (Lipinski definition) is 1. The molecule has 1 nitrogen and oxygen atoms in total. The molecule has 0 radical (unpaired) electrons. The van der Waals surface area contributed by atoms with E-state index in [9.17, 15) is 22.0 Å². The lowest BCUT2D eigenvalue weighted by Gasteiger charge is -2.33. The Balaban J connectivity index is 4.81. The monoisotopic (exact) mass is 206 g/mol. The molecule has 0 fully saturated rings. The molecule has 0 aromatic rings. The van der Waals surface area contributed by atoms with Crippen LogP contribution in [-0.2, 0) is 0 Å². The quantitative estimate of drug-likeness (QED) is 0.704. The summed E-state index contributed by atoms with van der Waals surface area (Å²) in [6.45, 7) is 1.91. The molecular formula is C7H11F5O. The van der Waals surface area contributed by atoms with Gasteiger partial charge in [0.05, 0.1) is 0 Å². The van der Waals surface area contributed by atoms with Crippen molar-refractivity contribution in [3.8, 4) is 0 Å². The van der Waals surface area contributed by atoms with Gasteiger partial charge in [-0.3, -0.25) is 0 Å². The molecule has 0 bridgehead atoms. The van der Waals surface area contributed by atoms with Crippen LogP contribution in [0.3, 0.4) is 0 Å². The van der Waals surface area contributed by atoms with E-state index in [0.717, 1.165) is 0 Å². The zero-order valence-electron chi connectivity index (χ0n) is 7.25. The predicted molar refractivity (Wildman–Crippen MR) is 36.5 cm³/mol. The molecule has 1 unspecified atom stereocenters. The molecule has 0 saturated carbocycles. The van der Waals surface area contributed by atoms with Crippen molar-refractivity contribution in [2.45, 2.75) is 44.4 Å². The molecule has 0 spiro atoms. The van der Waals surface area contributed by atoms with Crippen LogP contribution in [0.4, 0.5) is 22.0 Å². The number of alkyl halides is 5. The minimum absolute atomic E-state index is 0.0542. The van der Waals surface area contributed by atoms with E-state index in [1.54, 1.807) is 0 Å². The maximum absolute atomic E-state index is 12.5. The van der Waals surface area contributed by atoms with E-state index in [4.69, 9.17) is 5.11 Å². The molecule has 0 aromatic carbocycles. The van der Waals surface area contributed by atoms with E-state index < -0.39 is 24.1 Å². The Hall–Kier alpha value is -0.390. The van der Waals surface area contributed by atoms with Crippen LogP contribution in [0.1, 0.15) is 26.7 Å². The van der Waals surface area contributed by atoms with Gasteiger partial charge in [-0.05, 0) is 13.3 Å². The van der Waals surface area contributed by atoms with Gasteiger partial charge in [0.1, 0.15) is 5.60 Å². The van der Waals surface area contributed by atoms with Gasteiger partial charge >= 0.3 is 12.1 Å². The number of aliphatic hydroxyl groups is 1. The highest BCUT2D eigenvalue weighted by Crippen LogP contribution is 2.44. The largest absolute Gasteiger partial charge is 0.456 e. The summed E-state index contributed by atoms with van der Waals surface area (Å²) in [6, 6.07) is 0. The van der Waals surface area contributed by atoms with Gasteiger partial charge in [0.2, 0.25) is 0 Å². The van der Waals surface area contributed by atoms with Crippen molar-refractivity contribution in [2.75, 3.05) is 0 Å². The van der Waals surface area contributed by atoms with Gasteiger partial charge < -0.3 is 5.11 Å². The van der Waals surface area contributed by atoms with Crippen molar-refractivity contribution >= 4 is 0 Å². The van der Waals surface area contributed by atoms with Crippen LogP contribution in [0.2, 0.25) is 0 Å². The SMILES string of the molecule is CCCC(C)(O)C(F)(F)C(F)(F)F. The minimum atomic E-state index is -5.70. The van der Waals surface area contributed by atoms with Gasteiger partial charge in [-0.25, -0.2) is 0 Å². The lowest BCUT2D eigenvalue weighted by molar-refractivity contribution is -0.339. The van der Waals surface area contributed by atoms with E-state index in [1.165, 1.54) is 6.92 Å². The maximum Gasteiger partial charge on any atom is 0.456 e. The van der Waals surface area contributed by atoms with Gasteiger partial charge in [-0.15, -0.1) is 0 Å². The fourth-order valence-corrected chi connectivity index (χ4v) is 0.949. The second-order valence-electron chi connectivity index (χ2n) is 3.10. The molecule has 0 amide bonds. The number of hydrogen-bond acceptors (Lipinski definition) is 1. The van der Waals surface area contributed by atoms with E-state index in [2.05, 4.69) is 0 Å². The van der Waals surface area contributed by atoms with Crippen LogP contribution < -0.4 is 0 Å². The van der Waals surface area contributed by atoms with Crippen molar-refractivity contribution in [2.24, 2.45) is 0 Å². The van der Waals surface area contributed by atoms with Crippen molar-refractivity contribution < 1.29 is 27.1 Å². The van der Waals surface area contributed by atoms with Gasteiger partial charge in [0.25, 0.3) is 0 Å². The summed E-state index contributed by atoms with van der Waals surface area (Å²) in [6.07, 6.45) is -6.25. The Bertz CT molecular complexity index is 172. The third kappa shape index (κ3) is 2.30. The fraction of sp³-hybridized carbons (Fsp3) is 1.00. The zero-order chi connectivity index (χ0) is 10.9. The fourth-order valence-electron chi connectivity index (χ4n) is 0.949. The van der Waals surface area contributed by atoms with Gasteiger partial charge in [0.15, 0.2) is 0 Å². The van der Waals surface area contributed by atoms with Crippen LogP contribution >= 0.6 is 0 Å². The lowest BCUT2D eigenvalue weighted by Crippen LogP contribution is -2.55. The van der Waals surface area contributed by atoms with Crippen molar-refractivity contribution in [3.05, 3.63) is 0 Å². The summed E-state index contributed by atoms with van der Waals surface area (Å²) in [5.41, 5.74) is -3.03. The highest BCUT2D eigenvalue weighted by molar-refractivity contribution is 4.94. The minimum Gasteiger partial charge on any atom is -0.384 e. The Kier molecular flexibility index (Phi) is 3.30. The normalized spacial score (nSPS) is 18.5. The summed E-state index contributed by atoms with van der Waals surface area (Å²) in [4.78, 5) is 0. The molecule has 0 aliphatic carbocycles. The highest BCUT2D eigenvalue weighted by Gasteiger charge is 2.67. The molecule has 0 rings (SSSR count). The standard InChI is InChI=1S/C7H11F5O/c1-3-4-5(2,13)6(8,9)7(10,11)12/h13H,3-4H2,1-2H3. The van der Waals surface area contributed by atoms with E-state index in [0.29, 0.717) is 6.92 Å². The molecule has 13 heavy (non-hydrogen) atoms. The average Bonchev–Trinajstić information content (AvgIpc) is 1.84. The Morgan fingerprint density at radius 3 is 1.69 bits per heavy atom. The molecule has 0 saturated heterocycles. The molecule has 0 aliphatic heterocycles. The molecule has 1 atom stereocenters. The van der Waals surface area contributed by atoms with E-state index in [1.807, 2.05) is 0 Å². The Morgan fingerprint density at radius 1 is 1.08 bits per heavy atom. The number of rotatable bonds is 3. The Labute approximate surface area is 72.6 Å². The lowest BCUT2D eigenvalue weighted by atomic mass is 9.92. The second-order valence-corrected chi connectivity index (χ2v) is 3.10. The van der Waals surface area contributed by atoms with Crippen molar-refractivity contribution in [1.82, 2.24) is 0 Å². The maximum atomic E-state index is 12.5. The topological polar surface area (TPSA) is 20.2 Å². The summed E-state index contributed by atoms with van der Waals surface area (Å²) < 4.78 is 60.3. The molecule has 80 valence electrons. The zero-order valence-corrected chi connectivity index (χ0v) is 7.25. The highest BCUT2D eigenvalue weighted by atomic mass is 19.4. The van der Waals surface area contributed by atoms with Crippen LogP contribution in [0.25, 0.3) is 0 Å². The predicted octanol–water partition coefficient (Wildman–Crippen LogP) is 2.74. The molecular weight excluding hydrogens is 195 g/mol. The van der Waals surface area contributed by atoms with E-state index >= 15 is 0 Å². The summed E-state index contributed by atoms with van der Waals surface area (Å²) in [5.74, 6) is -5.06. The van der Waals surface area contributed by atoms with Crippen LogP contribution in [0.15, 0.2) is 0 Å². The first-order valence-electron chi connectivity index (χ1n) is 3.73. The van der Waals surface area contributed by atoms with Crippen molar-refractivity contribution in [3.63, 3.8) is 0 Å². The van der Waals surface area contributed by atoms with Crippen LogP contribution in [0.5, 0.6) is 0 Å².